The molecule has 0 N–H and O–H groups in total. The van der Waals surface area contributed by atoms with Crippen LogP contribution in [0.15, 0.2) is 18.2 Å². The van der Waals surface area contributed by atoms with Crippen LogP contribution in [0.3, 0.4) is 0 Å². The Morgan fingerprint density at radius 2 is 1.86 bits per heavy atom. The fourth-order valence-corrected chi connectivity index (χ4v) is 4.31. The summed E-state index contributed by atoms with van der Waals surface area (Å²) in [5.74, 6) is 0.382. The molecule has 1 aromatic rings. The van der Waals surface area contributed by atoms with E-state index in [9.17, 15) is 4.79 Å². The molecule has 114 valence electrons. The summed E-state index contributed by atoms with van der Waals surface area (Å²) in [4.78, 5) is 15.5. The molecule has 1 aromatic carbocycles. The fourth-order valence-electron chi connectivity index (χ4n) is 4.01. The number of hydrogen-bond acceptors (Lipinski definition) is 2. The Bertz CT molecular complexity index is 528. The Morgan fingerprint density at radius 3 is 2.48 bits per heavy atom. The second-order valence-corrected chi connectivity index (χ2v) is 7.03. The van der Waals surface area contributed by atoms with E-state index in [0.29, 0.717) is 12.2 Å². The molecular weight excluding hydrogens is 282 g/mol. The summed E-state index contributed by atoms with van der Waals surface area (Å²) in [6, 6.07) is 6.02. The van der Waals surface area contributed by atoms with Crippen LogP contribution in [-0.2, 0) is 11.2 Å². The van der Waals surface area contributed by atoms with Gasteiger partial charge >= 0.3 is 0 Å². The monoisotopic (exact) mass is 305 g/mol. The minimum atomic E-state index is -0.190. The lowest BCUT2D eigenvalue weighted by Crippen LogP contribution is -2.52. The molecule has 1 aliphatic heterocycles. The first kappa shape index (κ1) is 15.1. The van der Waals surface area contributed by atoms with Crippen LogP contribution in [0.2, 0.25) is 5.02 Å². The van der Waals surface area contributed by atoms with Crippen molar-refractivity contribution in [2.45, 2.75) is 57.4 Å². The Labute approximate surface area is 132 Å². The number of benzene rings is 1. The molecule has 1 aliphatic carbocycles. The molecule has 2 fully saturated rings. The molecule has 3 rings (SSSR count). The van der Waals surface area contributed by atoms with Gasteiger partial charge in [-0.15, -0.1) is 0 Å². The first-order chi connectivity index (χ1) is 10.1. The van der Waals surface area contributed by atoms with E-state index in [1.165, 1.54) is 25.7 Å². The van der Waals surface area contributed by atoms with Crippen molar-refractivity contribution in [2.75, 3.05) is 13.1 Å². The average Bonchev–Trinajstić information content (AvgIpc) is 3.11. The van der Waals surface area contributed by atoms with Gasteiger partial charge in [-0.2, -0.15) is 0 Å². The lowest BCUT2D eigenvalue weighted by molar-refractivity contribution is -0.129. The summed E-state index contributed by atoms with van der Waals surface area (Å²) in [5, 5.41) is 0.734. The molecule has 2 aliphatic rings. The third-order valence-corrected chi connectivity index (χ3v) is 5.57. The van der Waals surface area contributed by atoms with Crippen molar-refractivity contribution in [2.24, 2.45) is 0 Å². The molecule has 0 unspecified atom stereocenters. The molecule has 0 spiro atoms. The normalized spacial score (nSPS) is 21.8. The Kier molecular flexibility index (Phi) is 4.37. The van der Waals surface area contributed by atoms with E-state index in [2.05, 4.69) is 4.90 Å². The number of halogens is 1. The summed E-state index contributed by atoms with van der Waals surface area (Å²) in [5.41, 5.74) is 1.94. The minimum absolute atomic E-state index is 0.190. The van der Waals surface area contributed by atoms with Crippen molar-refractivity contribution in [3.8, 4) is 0 Å². The summed E-state index contributed by atoms with van der Waals surface area (Å²) < 4.78 is 0. The number of carbonyl (C=O) groups is 1. The largest absolute Gasteiger partial charge is 0.297 e. The maximum absolute atomic E-state index is 13.1. The lowest BCUT2D eigenvalue weighted by atomic mass is 9.86. The van der Waals surface area contributed by atoms with Gasteiger partial charge in [0.05, 0.1) is 5.54 Å². The maximum Gasteiger partial charge on any atom is 0.157 e. The van der Waals surface area contributed by atoms with Crippen molar-refractivity contribution < 1.29 is 4.79 Å². The third kappa shape index (κ3) is 2.89. The van der Waals surface area contributed by atoms with Crippen LogP contribution in [-0.4, -0.2) is 29.3 Å². The lowest BCUT2D eigenvalue weighted by Gasteiger charge is -2.37. The highest BCUT2D eigenvalue weighted by Crippen LogP contribution is 2.39. The van der Waals surface area contributed by atoms with Crippen LogP contribution in [0, 0.1) is 6.92 Å². The smallest absolute Gasteiger partial charge is 0.157 e. The van der Waals surface area contributed by atoms with E-state index in [1.54, 1.807) is 0 Å². The number of Topliss-reactive ketones (excluding diaryl/α,β-unsaturated/α-hetero) is 1. The van der Waals surface area contributed by atoms with Crippen molar-refractivity contribution in [3.05, 3.63) is 34.3 Å². The van der Waals surface area contributed by atoms with Crippen LogP contribution in [0.1, 0.15) is 49.7 Å². The predicted octanol–water partition coefficient (Wildman–Crippen LogP) is 4.17. The van der Waals surface area contributed by atoms with Crippen molar-refractivity contribution in [3.63, 3.8) is 0 Å². The summed E-state index contributed by atoms with van der Waals surface area (Å²) in [6.45, 7) is 4.21. The molecule has 0 aromatic heterocycles. The quantitative estimate of drug-likeness (QED) is 0.832. The molecule has 21 heavy (non-hydrogen) atoms. The van der Waals surface area contributed by atoms with Gasteiger partial charge in [-0.1, -0.05) is 36.6 Å². The molecule has 1 saturated carbocycles. The van der Waals surface area contributed by atoms with Gasteiger partial charge in [0, 0.05) is 11.4 Å². The first-order valence-electron chi connectivity index (χ1n) is 8.15. The number of ketones is 1. The maximum atomic E-state index is 13.1. The van der Waals surface area contributed by atoms with Crippen LogP contribution in [0.25, 0.3) is 0 Å². The molecule has 0 bridgehead atoms. The zero-order valence-corrected chi connectivity index (χ0v) is 13.6. The number of carbonyl (C=O) groups excluding carboxylic acids is 1. The topological polar surface area (TPSA) is 20.3 Å². The van der Waals surface area contributed by atoms with E-state index in [-0.39, 0.29) is 5.54 Å². The highest BCUT2D eigenvalue weighted by molar-refractivity contribution is 6.31. The second kappa shape index (κ2) is 6.10. The van der Waals surface area contributed by atoms with Gasteiger partial charge in [-0.05, 0) is 62.9 Å². The Hall–Kier alpha value is -0.860. The Balaban J connectivity index is 1.81. The second-order valence-electron chi connectivity index (χ2n) is 6.63. The summed E-state index contributed by atoms with van der Waals surface area (Å²) >= 11 is 6.32. The summed E-state index contributed by atoms with van der Waals surface area (Å²) in [7, 11) is 0. The van der Waals surface area contributed by atoms with E-state index >= 15 is 0 Å². The predicted molar refractivity (Wildman–Crippen MR) is 86.9 cm³/mol. The van der Waals surface area contributed by atoms with Crippen molar-refractivity contribution >= 4 is 17.4 Å². The van der Waals surface area contributed by atoms with Crippen LogP contribution in [0.5, 0.6) is 0 Å². The standard InChI is InChI=1S/C18H24ClNO/c1-14-6-7-15(16(19)12-14)13-17(21)18(8-2-3-9-18)20-10-4-5-11-20/h6-7,12H,2-5,8-11,13H2,1H3. The number of rotatable bonds is 4. The van der Waals surface area contributed by atoms with Crippen molar-refractivity contribution in [1.29, 1.82) is 0 Å². The average molecular weight is 306 g/mol. The van der Waals surface area contributed by atoms with Gasteiger partial charge in [-0.25, -0.2) is 0 Å². The van der Waals surface area contributed by atoms with Gasteiger partial charge < -0.3 is 0 Å². The number of likely N-dealkylation sites (tertiary alicyclic amines) is 1. The van der Waals surface area contributed by atoms with Crippen molar-refractivity contribution in [1.82, 2.24) is 4.90 Å². The highest BCUT2D eigenvalue weighted by Gasteiger charge is 2.46. The van der Waals surface area contributed by atoms with Crippen LogP contribution >= 0.6 is 11.6 Å². The molecule has 1 saturated heterocycles. The number of nitrogens with zero attached hydrogens (tertiary/aromatic N) is 1. The van der Waals surface area contributed by atoms with Gasteiger partial charge in [0.2, 0.25) is 0 Å². The van der Waals surface area contributed by atoms with Gasteiger partial charge in [0.25, 0.3) is 0 Å². The van der Waals surface area contributed by atoms with Gasteiger partial charge in [0.15, 0.2) is 5.78 Å². The first-order valence-corrected chi connectivity index (χ1v) is 8.53. The van der Waals surface area contributed by atoms with E-state index < -0.39 is 0 Å². The molecular formula is C18H24ClNO. The molecule has 2 nitrogen and oxygen atoms in total. The van der Waals surface area contributed by atoms with Gasteiger partial charge in [-0.3, -0.25) is 9.69 Å². The van der Waals surface area contributed by atoms with E-state index in [4.69, 9.17) is 11.6 Å². The van der Waals surface area contributed by atoms with E-state index in [0.717, 1.165) is 42.1 Å². The zero-order chi connectivity index (χ0) is 14.9. The summed E-state index contributed by atoms with van der Waals surface area (Å²) in [6.07, 6.45) is 7.40. The van der Waals surface area contributed by atoms with Crippen LogP contribution < -0.4 is 0 Å². The fraction of sp³-hybridized carbons (Fsp3) is 0.611. The SMILES string of the molecule is Cc1ccc(CC(=O)C2(N3CCCC3)CCCC2)c(Cl)c1. The third-order valence-electron chi connectivity index (χ3n) is 5.22. The van der Waals surface area contributed by atoms with Gasteiger partial charge in [0.1, 0.15) is 0 Å². The molecule has 0 atom stereocenters. The minimum Gasteiger partial charge on any atom is -0.297 e. The highest BCUT2D eigenvalue weighted by atomic mass is 35.5. The Morgan fingerprint density at radius 1 is 1.19 bits per heavy atom. The number of hydrogen-bond donors (Lipinski definition) is 0. The molecule has 0 radical (unpaired) electrons. The van der Waals surface area contributed by atoms with Crippen LogP contribution in [0.4, 0.5) is 0 Å². The molecule has 0 amide bonds. The molecule has 3 heteroatoms. The van der Waals surface area contributed by atoms with E-state index in [1.807, 2.05) is 25.1 Å². The number of aryl methyl sites for hydroxylation is 1. The zero-order valence-electron chi connectivity index (χ0n) is 12.8. The molecule has 1 heterocycles.